The average Bonchev–Trinajstić information content (AvgIpc) is 2.95. The highest BCUT2D eigenvalue weighted by molar-refractivity contribution is 6.16. The molecule has 2 aromatic rings. The van der Waals surface area contributed by atoms with Crippen molar-refractivity contribution in [2.75, 3.05) is 6.61 Å². The van der Waals surface area contributed by atoms with Gasteiger partial charge in [0.05, 0.1) is 5.70 Å². The first kappa shape index (κ1) is 15.8. The molecule has 5 nitrogen and oxygen atoms in total. The van der Waals surface area contributed by atoms with E-state index in [0.717, 1.165) is 12.0 Å². The molecule has 0 atom stereocenters. The number of carbonyl (C=O) groups is 2. The largest absolute Gasteiger partial charge is 0.484 e. The minimum Gasteiger partial charge on any atom is -0.484 e. The van der Waals surface area contributed by atoms with Crippen LogP contribution in [0.3, 0.4) is 0 Å². The Balaban J connectivity index is 1.51. The van der Waals surface area contributed by atoms with Crippen molar-refractivity contribution in [3.05, 3.63) is 71.3 Å². The number of allylic oxidation sites excluding steroid dienone is 1. The van der Waals surface area contributed by atoms with Crippen molar-refractivity contribution in [2.45, 2.75) is 13.3 Å². The monoisotopic (exact) mass is 322 g/mol. The quantitative estimate of drug-likeness (QED) is 0.802. The first-order chi connectivity index (χ1) is 11.7. The number of ketones is 1. The van der Waals surface area contributed by atoms with E-state index in [9.17, 15) is 9.59 Å². The van der Waals surface area contributed by atoms with Crippen molar-refractivity contribution < 1.29 is 14.3 Å². The lowest BCUT2D eigenvalue weighted by molar-refractivity contribution is -0.123. The van der Waals surface area contributed by atoms with Crippen molar-refractivity contribution in [3.63, 3.8) is 0 Å². The lowest BCUT2D eigenvalue weighted by Crippen LogP contribution is -2.39. The zero-order chi connectivity index (χ0) is 16.9. The van der Waals surface area contributed by atoms with Gasteiger partial charge in [-0.15, -0.1) is 0 Å². The minimum absolute atomic E-state index is 0.0744. The number of amides is 1. The number of fused-ring (bicyclic) bond motifs is 1. The van der Waals surface area contributed by atoms with Gasteiger partial charge >= 0.3 is 0 Å². The molecule has 0 saturated heterocycles. The second-order valence-corrected chi connectivity index (χ2v) is 5.43. The van der Waals surface area contributed by atoms with Gasteiger partial charge in [0.15, 0.2) is 12.4 Å². The summed E-state index contributed by atoms with van der Waals surface area (Å²) in [6.07, 6.45) is 2.43. The highest BCUT2D eigenvalue weighted by Gasteiger charge is 2.20. The summed E-state index contributed by atoms with van der Waals surface area (Å²) in [5.41, 5.74) is 8.52. The molecule has 1 aliphatic carbocycles. The highest BCUT2D eigenvalue weighted by Crippen LogP contribution is 2.24. The maximum absolute atomic E-state index is 11.9. The third-order valence-corrected chi connectivity index (χ3v) is 3.80. The van der Waals surface area contributed by atoms with Crippen LogP contribution in [0, 0.1) is 0 Å². The third-order valence-electron chi connectivity index (χ3n) is 3.80. The standard InChI is InChI=1S/C19H18N2O3/c1-2-13-7-9-14(10-8-13)24-12-19(23)21-20-17-11-18(22)16-6-4-3-5-15(16)17/h3-11,20H,2,12H2,1H3,(H,21,23). The Morgan fingerprint density at radius 3 is 2.46 bits per heavy atom. The Morgan fingerprint density at radius 1 is 1.04 bits per heavy atom. The van der Waals surface area contributed by atoms with E-state index >= 15 is 0 Å². The van der Waals surface area contributed by atoms with Gasteiger partial charge in [-0.1, -0.05) is 43.3 Å². The van der Waals surface area contributed by atoms with Crippen LogP contribution in [0.25, 0.3) is 5.70 Å². The molecule has 0 aliphatic heterocycles. The zero-order valence-corrected chi connectivity index (χ0v) is 13.3. The molecule has 0 spiro atoms. The van der Waals surface area contributed by atoms with Crippen molar-refractivity contribution in [1.29, 1.82) is 0 Å². The molecule has 2 N–H and O–H groups in total. The number of ether oxygens (including phenoxy) is 1. The topological polar surface area (TPSA) is 67.4 Å². The molecule has 0 bridgehead atoms. The van der Waals surface area contributed by atoms with Gasteiger partial charge in [-0.05, 0) is 24.1 Å². The molecule has 0 aromatic heterocycles. The molecule has 1 amide bonds. The first-order valence-electron chi connectivity index (χ1n) is 7.79. The number of nitrogens with one attached hydrogen (secondary N) is 2. The number of rotatable bonds is 6. The molecule has 0 unspecified atom stereocenters. The van der Waals surface area contributed by atoms with Crippen LogP contribution < -0.4 is 15.6 Å². The van der Waals surface area contributed by atoms with Gasteiger partial charge in [0.2, 0.25) is 0 Å². The molecule has 122 valence electrons. The number of carbonyl (C=O) groups excluding carboxylic acids is 2. The molecule has 0 radical (unpaired) electrons. The molecule has 0 heterocycles. The van der Waals surface area contributed by atoms with Gasteiger partial charge < -0.3 is 4.74 Å². The van der Waals surface area contributed by atoms with Crippen LogP contribution in [0.1, 0.15) is 28.4 Å². The number of hydrogen-bond acceptors (Lipinski definition) is 4. The van der Waals surface area contributed by atoms with E-state index in [1.165, 1.54) is 11.6 Å². The van der Waals surface area contributed by atoms with Crippen LogP contribution in [-0.4, -0.2) is 18.3 Å². The molecule has 1 aliphatic rings. The van der Waals surface area contributed by atoms with Crippen LogP contribution in [0.5, 0.6) is 5.75 Å². The molecule has 0 fully saturated rings. The van der Waals surface area contributed by atoms with Crippen molar-refractivity contribution in [2.24, 2.45) is 0 Å². The summed E-state index contributed by atoms with van der Waals surface area (Å²) >= 11 is 0. The zero-order valence-electron chi connectivity index (χ0n) is 13.3. The fourth-order valence-corrected chi connectivity index (χ4v) is 2.47. The number of benzene rings is 2. The normalized spacial score (nSPS) is 12.4. The van der Waals surface area contributed by atoms with Crippen molar-refractivity contribution in [1.82, 2.24) is 10.9 Å². The Morgan fingerprint density at radius 2 is 1.75 bits per heavy atom. The predicted octanol–water partition coefficient (Wildman–Crippen LogP) is 2.49. The summed E-state index contributed by atoms with van der Waals surface area (Å²) in [5.74, 6) is 0.241. The number of aryl methyl sites for hydroxylation is 1. The van der Waals surface area contributed by atoms with Crippen LogP contribution in [0.15, 0.2) is 54.6 Å². The lowest BCUT2D eigenvalue weighted by atomic mass is 10.1. The van der Waals surface area contributed by atoms with Gasteiger partial charge in [0, 0.05) is 17.2 Å². The van der Waals surface area contributed by atoms with Gasteiger partial charge in [-0.3, -0.25) is 20.4 Å². The molecule has 3 rings (SSSR count). The fraction of sp³-hybridized carbons (Fsp3) is 0.158. The highest BCUT2D eigenvalue weighted by atomic mass is 16.5. The molecular formula is C19H18N2O3. The Bertz CT molecular complexity index is 795. The third kappa shape index (κ3) is 3.46. The van der Waals surface area contributed by atoms with E-state index in [1.54, 1.807) is 6.07 Å². The first-order valence-corrected chi connectivity index (χ1v) is 7.79. The van der Waals surface area contributed by atoms with Crippen LogP contribution in [0.4, 0.5) is 0 Å². The molecule has 24 heavy (non-hydrogen) atoms. The summed E-state index contributed by atoms with van der Waals surface area (Å²) < 4.78 is 5.43. The van der Waals surface area contributed by atoms with Gasteiger partial charge in [-0.25, -0.2) is 0 Å². The summed E-state index contributed by atoms with van der Waals surface area (Å²) in [6.45, 7) is 1.97. The van der Waals surface area contributed by atoms with Crippen molar-refractivity contribution in [3.8, 4) is 5.75 Å². The van der Waals surface area contributed by atoms with E-state index in [-0.39, 0.29) is 18.3 Å². The van der Waals surface area contributed by atoms with E-state index in [0.29, 0.717) is 17.0 Å². The summed E-state index contributed by atoms with van der Waals surface area (Å²) in [7, 11) is 0. The smallest absolute Gasteiger partial charge is 0.276 e. The van der Waals surface area contributed by atoms with Crippen LogP contribution in [0.2, 0.25) is 0 Å². The maximum Gasteiger partial charge on any atom is 0.276 e. The Kier molecular flexibility index (Phi) is 4.61. The van der Waals surface area contributed by atoms with Gasteiger partial charge in [-0.2, -0.15) is 0 Å². The lowest BCUT2D eigenvalue weighted by Gasteiger charge is -2.11. The van der Waals surface area contributed by atoms with E-state index < -0.39 is 0 Å². The Hall–Kier alpha value is -3.08. The van der Waals surface area contributed by atoms with E-state index in [1.807, 2.05) is 42.5 Å². The van der Waals surface area contributed by atoms with Gasteiger partial charge in [0.1, 0.15) is 5.75 Å². The average molecular weight is 322 g/mol. The maximum atomic E-state index is 11.9. The predicted molar refractivity (Wildman–Crippen MR) is 91.3 cm³/mol. The minimum atomic E-state index is -0.327. The van der Waals surface area contributed by atoms with E-state index in [2.05, 4.69) is 17.8 Å². The van der Waals surface area contributed by atoms with Crippen LogP contribution >= 0.6 is 0 Å². The van der Waals surface area contributed by atoms with Crippen molar-refractivity contribution >= 4 is 17.4 Å². The second kappa shape index (κ2) is 7.00. The summed E-state index contributed by atoms with van der Waals surface area (Å²) in [4.78, 5) is 23.7. The van der Waals surface area contributed by atoms with Gasteiger partial charge in [0.25, 0.3) is 5.91 Å². The summed E-state index contributed by atoms with van der Waals surface area (Å²) in [6, 6.07) is 14.9. The molecule has 0 saturated carbocycles. The SMILES string of the molecule is CCc1ccc(OCC(=O)NNC2=CC(=O)c3ccccc32)cc1. The number of hydrogen-bond donors (Lipinski definition) is 2. The molecule has 2 aromatic carbocycles. The fourth-order valence-electron chi connectivity index (χ4n) is 2.47. The van der Waals surface area contributed by atoms with E-state index in [4.69, 9.17) is 4.74 Å². The molecule has 5 heteroatoms. The number of hydrazine groups is 1. The summed E-state index contributed by atoms with van der Waals surface area (Å²) in [5, 5.41) is 0. The second-order valence-electron chi connectivity index (χ2n) is 5.43. The molecular weight excluding hydrogens is 304 g/mol. The van der Waals surface area contributed by atoms with Crippen LogP contribution in [-0.2, 0) is 11.2 Å². The Labute approximate surface area is 140 Å².